The number of nitrogens with zero attached hydrogens (tertiary/aromatic N) is 3. The second-order valence-corrected chi connectivity index (χ2v) is 6.56. The SMILES string of the molecule is COc1cc(-c2nc(CC(C)C)c(C)[nH]2)ccc1-n1cnc(C)c1. The molecule has 24 heavy (non-hydrogen) atoms. The molecule has 0 spiro atoms. The second kappa shape index (κ2) is 6.51. The Morgan fingerprint density at radius 1 is 1.25 bits per heavy atom. The van der Waals surface area contributed by atoms with E-state index < -0.39 is 0 Å². The number of hydrogen-bond acceptors (Lipinski definition) is 3. The molecular formula is C19H24N4O. The topological polar surface area (TPSA) is 55.7 Å². The van der Waals surface area contributed by atoms with Crippen LogP contribution in [0.2, 0.25) is 0 Å². The molecule has 0 atom stereocenters. The fourth-order valence-electron chi connectivity index (χ4n) is 2.81. The maximum atomic E-state index is 5.58. The van der Waals surface area contributed by atoms with Gasteiger partial charge >= 0.3 is 0 Å². The molecule has 2 heterocycles. The lowest BCUT2D eigenvalue weighted by Gasteiger charge is -2.10. The first-order valence-corrected chi connectivity index (χ1v) is 8.22. The van der Waals surface area contributed by atoms with Gasteiger partial charge in [0.15, 0.2) is 0 Å². The van der Waals surface area contributed by atoms with Crippen LogP contribution in [0, 0.1) is 19.8 Å². The Morgan fingerprint density at radius 3 is 2.67 bits per heavy atom. The zero-order chi connectivity index (χ0) is 17.3. The summed E-state index contributed by atoms with van der Waals surface area (Å²) in [6, 6.07) is 6.11. The van der Waals surface area contributed by atoms with E-state index >= 15 is 0 Å². The summed E-state index contributed by atoms with van der Waals surface area (Å²) in [4.78, 5) is 12.4. The van der Waals surface area contributed by atoms with Crippen LogP contribution in [0.4, 0.5) is 0 Å². The van der Waals surface area contributed by atoms with Crippen molar-refractivity contribution in [3.05, 3.63) is 47.8 Å². The van der Waals surface area contributed by atoms with Gasteiger partial charge in [-0.15, -0.1) is 0 Å². The first-order valence-electron chi connectivity index (χ1n) is 8.22. The first-order chi connectivity index (χ1) is 11.5. The van der Waals surface area contributed by atoms with E-state index in [0.717, 1.165) is 46.3 Å². The van der Waals surface area contributed by atoms with Crippen LogP contribution in [0.15, 0.2) is 30.7 Å². The average molecular weight is 324 g/mol. The minimum atomic E-state index is 0.584. The van der Waals surface area contributed by atoms with Crippen LogP contribution in [-0.4, -0.2) is 26.6 Å². The number of aryl methyl sites for hydroxylation is 2. The molecule has 0 aliphatic rings. The third-order valence-electron chi connectivity index (χ3n) is 4.03. The summed E-state index contributed by atoms with van der Waals surface area (Å²) in [6.07, 6.45) is 4.76. The lowest BCUT2D eigenvalue weighted by Crippen LogP contribution is -1.97. The molecule has 0 saturated heterocycles. The van der Waals surface area contributed by atoms with Crippen molar-refractivity contribution in [3.8, 4) is 22.8 Å². The van der Waals surface area contributed by atoms with Gasteiger partial charge in [-0.25, -0.2) is 9.97 Å². The molecule has 0 radical (unpaired) electrons. The highest BCUT2D eigenvalue weighted by Crippen LogP contribution is 2.29. The van der Waals surface area contributed by atoms with E-state index in [1.54, 1.807) is 13.4 Å². The first kappa shape index (κ1) is 16.3. The normalized spacial score (nSPS) is 11.2. The van der Waals surface area contributed by atoms with E-state index in [2.05, 4.69) is 36.8 Å². The molecule has 0 amide bonds. The van der Waals surface area contributed by atoms with E-state index in [1.165, 1.54) is 0 Å². The molecule has 3 aromatic rings. The van der Waals surface area contributed by atoms with Gasteiger partial charge in [-0.1, -0.05) is 13.8 Å². The largest absolute Gasteiger partial charge is 0.495 e. The number of nitrogens with one attached hydrogen (secondary N) is 1. The summed E-state index contributed by atoms with van der Waals surface area (Å²) in [7, 11) is 1.68. The highest BCUT2D eigenvalue weighted by Gasteiger charge is 2.13. The Kier molecular flexibility index (Phi) is 4.42. The number of benzene rings is 1. The number of imidazole rings is 2. The number of hydrogen-bond donors (Lipinski definition) is 1. The third-order valence-corrected chi connectivity index (χ3v) is 4.03. The standard InChI is InChI=1S/C19H24N4O/c1-12(2)8-16-14(4)21-19(22-16)15-6-7-17(18(9-15)24-5)23-10-13(3)20-11-23/h6-7,9-12H,8H2,1-5H3,(H,21,22). The summed E-state index contributed by atoms with van der Waals surface area (Å²) in [5.41, 5.74) is 5.22. The summed E-state index contributed by atoms with van der Waals surface area (Å²) >= 11 is 0. The molecule has 5 nitrogen and oxygen atoms in total. The number of aromatic amines is 1. The van der Waals surface area contributed by atoms with Crippen LogP contribution in [0.5, 0.6) is 5.75 Å². The molecular weight excluding hydrogens is 300 g/mol. The van der Waals surface area contributed by atoms with Crippen molar-refractivity contribution < 1.29 is 4.74 Å². The predicted molar refractivity (Wildman–Crippen MR) is 95.7 cm³/mol. The van der Waals surface area contributed by atoms with Gasteiger partial charge < -0.3 is 14.3 Å². The molecule has 0 unspecified atom stereocenters. The van der Waals surface area contributed by atoms with Crippen molar-refractivity contribution in [2.75, 3.05) is 7.11 Å². The van der Waals surface area contributed by atoms with Gasteiger partial charge in [0.2, 0.25) is 0 Å². The molecule has 1 aromatic carbocycles. The molecule has 3 rings (SSSR count). The Morgan fingerprint density at radius 2 is 2.04 bits per heavy atom. The zero-order valence-corrected chi connectivity index (χ0v) is 14.9. The van der Waals surface area contributed by atoms with E-state index in [1.807, 2.05) is 29.8 Å². The maximum Gasteiger partial charge on any atom is 0.143 e. The number of rotatable bonds is 5. The quantitative estimate of drug-likeness (QED) is 0.769. The molecule has 0 saturated carbocycles. The van der Waals surface area contributed by atoms with Gasteiger partial charge in [-0.3, -0.25) is 0 Å². The molecule has 0 aliphatic heterocycles. The monoisotopic (exact) mass is 324 g/mol. The average Bonchev–Trinajstić information content (AvgIpc) is 3.13. The van der Waals surface area contributed by atoms with Crippen LogP contribution < -0.4 is 4.74 Å². The lowest BCUT2D eigenvalue weighted by molar-refractivity contribution is 0.413. The van der Waals surface area contributed by atoms with Crippen LogP contribution in [0.3, 0.4) is 0 Å². The smallest absolute Gasteiger partial charge is 0.143 e. The van der Waals surface area contributed by atoms with Crippen molar-refractivity contribution in [2.24, 2.45) is 5.92 Å². The maximum absolute atomic E-state index is 5.58. The van der Waals surface area contributed by atoms with E-state index in [0.29, 0.717) is 5.92 Å². The van der Waals surface area contributed by atoms with Crippen LogP contribution in [-0.2, 0) is 6.42 Å². The summed E-state index contributed by atoms with van der Waals surface area (Å²) in [6.45, 7) is 8.46. The Balaban J connectivity index is 1.98. The Labute approximate surface area is 142 Å². The van der Waals surface area contributed by atoms with E-state index in [9.17, 15) is 0 Å². The number of methoxy groups -OCH3 is 1. The Hall–Kier alpha value is -2.56. The van der Waals surface area contributed by atoms with E-state index in [4.69, 9.17) is 9.72 Å². The molecule has 2 aromatic heterocycles. The fourth-order valence-corrected chi connectivity index (χ4v) is 2.81. The van der Waals surface area contributed by atoms with Crippen molar-refractivity contribution >= 4 is 0 Å². The zero-order valence-electron chi connectivity index (χ0n) is 14.9. The van der Waals surface area contributed by atoms with Crippen molar-refractivity contribution in [3.63, 3.8) is 0 Å². The molecule has 0 fully saturated rings. The van der Waals surface area contributed by atoms with Gasteiger partial charge in [0.05, 0.1) is 30.5 Å². The number of H-pyrrole nitrogens is 1. The molecule has 0 bridgehead atoms. The minimum absolute atomic E-state index is 0.584. The van der Waals surface area contributed by atoms with Gasteiger partial charge in [0.1, 0.15) is 11.6 Å². The van der Waals surface area contributed by atoms with Gasteiger partial charge in [0.25, 0.3) is 0 Å². The molecule has 0 aliphatic carbocycles. The number of ether oxygens (including phenoxy) is 1. The molecule has 126 valence electrons. The van der Waals surface area contributed by atoms with Crippen molar-refractivity contribution in [1.82, 2.24) is 19.5 Å². The molecule has 5 heteroatoms. The lowest BCUT2D eigenvalue weighted by atomic mass is 10.1. The van der Waals surface area contributed by atoms with Gasteiger partial charge in [-0.05, 0) is 44.4 Å². The summed E-state index contributed by atoms with van der Waals surface area (Å²) in [5, 5.41) is 0. The predicted octanol–water partition coefficient (Wildman–Crippen LogP) is 4.09. The summed E-state index contributed by atoms with van der Waals surface area (Å²) in [5.74, 6) is 2.26. The minimum Gasteiger partial charge on any atom is -0.495 e. The van der Waals surface area contributed by atoms with Crippen molar-refractivity contribution in [1.29, 1.82) is 0 Å². The van der Waals surface area contributed by atoms with E-state index in [-0.39, 0.29) is 0 Å². The van der Waals surface area contributed by atoms with Gasteiger partial charge in [-0.2, -0.15) is 0 Å². The van der Waals surface area contributed by atoms with Crippen LogP contribution in [0.1, 0.15) is 30.9 Å². The van der Waals surface area contributed by atoms with Crippen molar-refractivity contribution in [2.45, 2.75) is 34.1 Å². The highest BCUT2D eigenvalue weighted by atomic mass is 16.5. The fraction of sp³-hybridized carbons (Fsp3) is 0.368. The third kappa shape index (κ3) is 3.20. The number of aromatic nitrogens is 4. The highest BCUT2D eigenvalue weighted by molar-refractivity contribution is 5.63. The molecule has 1 N–H and O–H groups in total. The Bertz CT molecular complexity index is 845. The summed E-state index contributed by atoms with van der Waals surface area (Å²) < 4.78 is 7.55. The van der Waals surface area contributed by atoms with Crippen LogP contribution in [0.25, 0.3) is 17.1 Å². The second-order valence-electron chi connectivity index (χ2n) is 6.56. The van der Waals surface area contributed by atoms with Crippen LogP contribution >= 0.6 is 0 Å². The van der Waals surface area contributed by atoms with Gasteiger partial charge in [0, 0.05) is 17.5 Å².